The Morgan fingerprint density at radius 1 is 1.11 bits per heavy atom. The summed E-state index contributed by atoms with van der Waals surface area (Å²) in [4.78, 5) is 25.4. The summed E-state index contributed by atoms with van der Waals surface area (Å²) in [6.07, 6.45) is 1.60. The molecule has 1 fully saturated rings. The molecular formula is C20H28N6O. The van der Waals surface area contributed by atoms with Crippen molar-refractivity contribution < 1.29 is 4.79 Å². The minimum Gasteiger partial charge on any atom is -0.369 e. The topological polar surface area (TPSA) is 73.4 Å². The zero-order chi connectivity index (χ0) is 19.2. The van der Waals surface area contributed by atoms with Crippen LogP contribution in [0, 0.1) is 5.92 Å². The van der Waals surface area contributed by atoms with Crippen LogP contribution in [0.15, 0.2) is 36.5 Å². The summed E-state index contributed by atoms with van der Waals surface area (Å²) in [5, 5.41) is 6.04. The van der Waals surface area contributed by atoms with Gasteiger partial charge in [0.2, 0.25) is 5.95 Å². The van der Waals surface area contributed by atoms with Crippen LogP contribution in [0.5, 0.6) is 0 Å². The molecule has 2 heterocycles. The van der Waals surface area contributed by atoms with E-state index in [1.165, 1.54) is 5.69 Å². The van der Waals surface area contributed by atoms with Crippen LogP contribution in [0.2, 0.25) is 0 Å². The largest absolute Gasteiger partial charge is 0.369 e. The van der Waals surface area contributed by atoms with Crippen molar-refractivity contribution in [2.24, 2.45) is 5.92 Å². The second-order valence-corrected chi connectivity index (χ2v) is 7.33. The summed E-state index contributed by atoms with van der Waals surface area (Å²) < 4.78 is 0. The van der Waals surface area contributed by atoms with Gasteiger partial charge < -0.3 is 20.4 Å². The maximum absolute atomic E-state index is 12.2. The molecule has 1 aliphatic rings. The first-order valence-corrected chi connectivity index (χ1v) is 9.43. The zero-order valence-corrected chi connectivity index (χ0v) is 16.3. The van der Waals surface area contributed by atoms with Gasteiger partial charge >= 0.3 is 0 Å². The van der Waals surface area contributed by atoms with Crippen molar-refractivity contribution in [2.75, 3.05) is 50.0 Å². The minimum atomic E-state index is -0.181. The molecule has 7 heteroatoms. The van der Waals surface area contributed by atoms with E-state index >= 15 is 0 Å². The van der Waals surface area contributed by atoms with Gasteiger partial charge in [-0.25, -0.2) is 9.97 Å². The van der Waals surface area contributed by atoms with Crippen LogP contribution in [0.1, 0.15) is 24.3 Å². The van der Waals surface area contributed by atoms with E-state index in [-0.39, 0.29) is 5.91 Å². The normalized spacial score (nSPS) is 15.0. The predicted octanol–water partition coefficient (Wildman–Crippen LogP) is 2.36. The lowest BCUT2D eigenvalue weighted by molar-refractivity contribution is 0.0944. The Bertz CT molecular complexity index is 753. The van der Waals surface area contributed by atoms with Crippen molar-refractivity contribution in [3.8, 4) is 0 Å². The van der Waals surface area contributed by atoms with Gasteiger partial charge in [-0.15, -0.1) is 0 Å². The van der Waals surface area contributed by atoms with Gasteiger partial charge in [0.15, 0.2) is 0 Å². The van der Waals surface area contributed by atoms with Gasteiger partial charge in [0.1, 0.15) is 5.69 Å². The number of nitrogens with zero attached hydrogens (tertiary/aromatic N) is 4. The van der Waals surface area contributed by atoms with Crippen molar-refractivity contribution in [1.82, 2.24) is 20.2 Å². The van der Waals surface area contributed by atoms with Crippen molar-refractivity contribution >= 4 is 23.2 Å². The number of piperazine rings is 1. The van der Waals surface area contributed by atoms with Gasteiger partial charge in [0.05, 0.1) is 0 Å². The number of nitrogens with one attached hydrogen (secondary N) is 2. The molecule has 27 heavy (non-hydrogen) atoms. The Kier molecular flexibility index (Phi) is 6.24. The molecule has 0 radical (unpaired) electrons. The van der Waals surface area contributed by atoms with Gasteiger partial charge in [-0.3, -0.25) is 4.79 Å². The fourth-order valence-corrected chi connectivity index (χ4v) is 2.88. The Balaban J connectivity index is 1.62. The summed E-state index contributed by atoms with van der Waals surface area (Å²) in [5.41, 5.74) is 2.48. The molecule has 2 N–H and O–H groups in total. The van der Waals surface area contributed by atoms with E-state index in [1.54, 1.807) is 12.3 Å². The summed E-state index contributed by atoms with van der Waals surface area (Å²) in [7, 11) is 2.15. The van der Waals surface area contributed by atoms with E-state index in [1.807, 2.05) is 12.1 Å². The molecule has 1 aromatic carbocycles. The highest BCUT2D eigenvalue weighted by molar-refractivity contribution is 5.92. The summed E-state index contributed by atoms with van der Waals surface area (Å²) in [6, 6.07) is 9.86. The molecule has 0 unspecified atom stereocenters. The number of benzene rings is 1. The Morgan fingerprint density at radius 2 is 1.81 bits per heavy atom. The molecule has 7 nitrogen and oxygen atoms in total. The third kappa shape index (κ3) is 5.40. The Labute approximate surface area is 160 Å². The first-order valence-electron chi connectivity index (χ1n) is 9.43. The lowest BCUT2D eigenvalue weighted by Crippen LogP contribution is -2.44. The fraction of sp³-hybridized carbons (Fsp3) is 0.450. The molecule has 0 atom stereocenters. The van der Waals surface area contributed by atoms with E-state index in [4.69, 9.17) is 0 Å². The van der Waals surface area contributed by atoms with E-state index in [2.05, 4.69) is 63.4 Å². The number of rotatable bonds is 6. The highest BCUT2D eigenvalue weighted by Crippen LogP contribution is 2.21. The van der Waals surface area contributed by atoms with Crippen LogP contribution in [0.25, 0.3) is 0 Å². The quantitative estimate of drug-likeness (QED) is 0.815. The zero-order valence-electron chi connectivity index (χ0n) is 16.3. The summed E-state index contributed by atoms with van der Waals surface area (Å²) >= 11 is 0. The van der Waals surface area contributed by atoms with Gasteiger partial charge in [-0.2, -0.15) is 0 Å². The number of carbonyl (C=O) groups is 1. The molecule has 1 aromatic heterocycles. The lowest BCUT2D eigenvalue weighted by atomic mass is 10.2. The van der Waals surface area contributed by atoms with Crippen LogP contribution in [0.3, 0.4) is 0 Å². The molecule has 0 aliphatic carbocycles. The number of amides is 1. The van der Waals surface area contributed by atoms with E-state index in [9.17, 15) is 4.79 Å². The molecule has 0 bridgehead atoms. The molecule has 144 valence electrons. The first kappa shape index (κ1) is 19.1. The molecule has 2 aromatic rings. The van der Waals surface area contributed by atoms with Crippen LogP contribution < -0.4 is 15.5 Å². The van der Waals surface area contributed by atoms with E-state index < -0.39 is 0 Å². The smallest absolute Gasteiger partial charge is 0.270 e. The SMILES string of the molecule is CC(C)CNC(=O)c1ccnc(Nc2ccc(N3CCN(C)CC3)cc2)n1. The molecular weight excluding hydrogens is 340 g/mol. The maximum Gasteiger partial charge on any atom is 0.270 e. The van der Waals surface area contributed by atoms with Crippen molar-refractivity contribution in [3.05, 3.63) is 42.2 Å². The van der Waals surface area contributed by atoms with Gasteiger partial charge in [0, 0.05) is 50.3 Å². The number of hydrogen-bond acceptors (Lipinski definition) is 6. The van der Waals surface area contributed by atoms with Crippen LogP contribution in [0.4, 0.5) is 17.3 Å². The van der Waals surface area contributed by atoms with Gasteiger partial charge in [0.25, 0.3) is 5.91 Å². The average Bonchev–Trinajstić information content (AvgIpc) is 2.67. The highest BCUT2D eigenvalue weighted by Gasteiger charge is 2.14. The van der Waals surface area contributed by atoms with Crippen molar-refractivity contribution in [2.45, 2.75) is 13.8 Å². The monoisotopic (exact) mass is 368 g/mol. The Hall–Kier alpha value is -2.67. The van der Waals surface area contributed by atoms with Crippen molar-refractivity contribution in [1.29, 1.82) is 0 Å². The fourth-order valence-electron chi connectivity index (χ4n) is 2.88. The molecule has 1 aliphatic heterocycles. The summed E-state index contributed by atoms with van der Waals surface area (Å²) in [6.45, 7) is 8.98. The minimum absolute atomic E-state index is 0.181. The van der Waals surface area contributed by atoms with Crippen LogP contribution in [-0.2, 0) is 0 Å². The second kappa shape index (κ2) is 8.81. The molecule has 1 saturated heterocycles. The van der Waals surface area contributed by atoms with E-state index in [0.717, 1.165) is 31.9 Å². The van der Waals surface area contributed by atoms with Gasteiger partial charge in [-0.05, 0) is 43.3 Å². The maximum atomic E-state index is 12.2. The molecule has 1 amide bonds. The van der Waals surface area contributed by atoms with Crippen molar-refractivity contribution in [3.63, 3.8) is 0 Å². The molecule has 3 rings (SSSR count). The highest BCUT2D eigenvalue weighted by atomic mass is 16.1. The Morgan fingerprint density at radius 3 is 2.48 bits per heavy atom. The van der Waals surface area contributed by atoms with Gasteiger partial charge in [-0.1, -0.05) is 13.8 Å². The van der Waals surface area contributed by atoms with Crippen LogP contribution in [-0.4, -0.2) is 60.5 Å². The predicted molar refractivity (Wildman–Crippen MR) is 109 cm³/mol. The number of anilines is 3. The third-order valence-electron chi connectivity index (χ3n) is 4.55. The van der Waals surface area contributed by atoms with E-state index in [0.29, 0.717) is 24.1 Å². The standard InChI is InChI=1S/C20H28N6O/c1-15(2)14-22-19(27)18-8-9-21-20(24-18)23-16-4-6-17(7-5-16)26-12-10-25(3)11-13-26/h4-9,15H,10-14H2,1-3H3,(H,22,27)(H,21,23,24). The second-order valence-electron chi connectivity index (χ2n) is 7.33. The number of hydrogen-bond donors (Lipinski definition) is 2. The number of likely N-dealkylation sites (N-methyl/N-ethyl adjacent to an activating group) is 1. The third-order valence-corrected chi connectivity index (χ3v) is 4.55. The number of aromatic nitrogens is 2. The molecule has 0 spiro atoms. The summed E-state index contributed by atoms with van der Waals surface area (Å²) in [5.74, 6) is 0.631. The van der Waals surface area contributed by atoms with Crippen LogP contribution >= 0.6 is 0 Å². The molecule has 0 saturated carbocycles. The lowest BCUT2D eigenvalue weighted by Gasteiger charge is -2.34. The number of carbonyl (C=O) groups excluding carboxylic acids is 1. The first-order chi connectivity index (χ1) is 13.0. The average molecular weight is 368 g/mol.